The highest BCUT2D eigenvalue weighted by atomic mass is 79.9. The molecule has 0 radical (unpaired) electrons. The van der Waals surface area contributed by atoms with Crippen LogP contribution in [0.2, 0.25) is 0 Å². The molecule has 0 saturated heterocycles. The molecule has 1 N–H and O–H groups in total. The lowest BCUT2D eigenvalue weighted by Crippen LogP contribution is -2.22. The van der Waals surface area contributed by atoms with Crippen LogP contribution in [0.5, 0.6) is 5.75 Å². The number of hydrogen-bond donors (Lipinski definition) is 1. The molecule has 0 spiro atoms. The molecule has 5 heteroatoms. The lowest BCUT2D eigenvalue weighted by atomic mass is 10.00. The van der Waals surface area contributed by atoms with Crippen molar-refractivity contribution in [2.24, 2.45) is 0 Å². The SMILES string of the molecule is CCNC(c1cc(F)cc(Br)c1)c1cncc(OC)c1. The zero-order chi connectivity index (χ0) is 14.5. The van der Waals surface area contributed by atoms with Crippen molar-refractivity contribution in [2.45, 2.75) is 13.0 Å². The van der Waals surface area contributed by atoms with Gasteiger partial charge in [-0.3, -0.25) is 4.98 Å². The Kier molecular flexibility index (Phi) is 5.09. The van der Waals surface area contributed by atoms with Gasteiger partial charge in [-0.05, 0) is 41.9 Å². The molecule has 3 nitrogen and oxygen atoms in total. The summed E-state index contributed by atoms with van der Waals surface area (Å²) in [5.74, 6) is 0.411. The van der Waals surface area contributed by atoms with Gasteiger partial charge in [-0.15, -0.1) is 0 Å². The first-order valence-electron chi connectivity index (χ1n) is 6.32. The molecule has 0 aliphatic rings. The summed E-state index contributed by atoms with van der Waals surface area (Å²) in [5.41, 5.74) is 1.78. The molecule has 1 aromatic heterocycles. The van der Waals surface area contributed by atoms with Gasteiger partial charge in [-0.1, -0.05) is 22.9 Å². The average molecular weight is 339 g/mol. The number of nitrogens with one attached hydrogen (secondary N) is 1. The van der Waals surface area contributed by atoms with Gasteiger partial charge in [0.25, 0.3) is 0 Å². The minimum atomic E-state index is -0.270. The van der Waals surface area contributed by atoms with Crippen molar-refractivity contribution in [1.82, 2.24) is 10.3 Å². The molecule has 106 valence electrons. The zero-order valence-corrected chi connectivity index (χ0v) is 12.9. The van der Waals surface area contributed by atoms with Crippen LogP contribution >= 0.6 is 15.9 Å². The predicted octanol–water partition coefficient (Wildman–Crippen LogP) is 3.69. The fraction of sp³-hybridized carbons (Fsp3) is 0.267. The van der Waals surface area contributed by atoms with Crippen LogP contribution in [0.4, 0.5) is 4.39 Å². The van der Waals surface area contributed by atoms with Crippen LogP contribution < -0.4 is 10.1 Å². The standard InChI is InChI=1S/C15H16BrFN2O/c1-3-19-15(10-4-12(16)7-13(17)5-10)11-6-14(20-2)9-18-8-11/h4-9,15,19H,3H2,1-2H3. The minimum Gasteiger partial charge on any atom is -0.495 e. The highest BCUT2D eigenvalue weighted by Crippen LogP contribution is 2.27. The van der Waals surface area contributed by atoms with Gasteiger partial charge >= 0.3 is 0 Å². The molecule has 1 atom stereocenters. The molecule has 1 unspecified atom stereocenters. The van der Waals surface area contributed by atoms with Gasteiger partial charge in [0.05, 0.1) is 19.3 Å². The Hall–Kier alpha value is -1.46. The van der Waals surface area contributed by atoms with E-state index in [0.717, 1.165) is 17.7 Å². The van der Waals surface area contributed by atoms with Gasteiger partial charge < -0.3 is 10.1 Å². The van der Waals surface area contributed by atoms with Crippen molar-refractivity contribution in [2.75, 3.05) is 13.7 Å². The monoisotopic (exact) mass is 338 g/mol. The molecule has 0 amide bonds. The lowest BCUT2D eigenvalue weighted by Gasteiger charge is -2.19. The topological polar surface area (TPSA) is 34.2 Å². The van der Waals surface area contributed by atoms with Crippen LogP contribution in [0.1, 0.15) is 24.1 Å². The normalized spacial score (nSPS) is 12.2. The molecule has 1 heterocycles. The van der Waals surface area contributed by atoms with E-state index in [2.05, 4.69) is 26.2 Å². The summed E-state index contributed by atoms with van der Waals surface area (Å²) < 4.78 is 19.5. The van der Waals surface area contributed by atoms with E-state index in [1.165, 1.54) is 12.1 Å². The molecule has 1 aromatic carbocycles. The van der Waals surface area contributed by atoms with Crippen molar-refractivity contribution in [3.05, 3.63) is 58.1 Å². The summed E-state index contributed by atoms with van der Waals surface area (Å²) in [6, 6.07) is 6.64. The highest BCUT2D eigenvalue weighted by Gasteiger charge is 2.15. The maximum absolute atomic E-state index is 13.6. The molecular formula is C15H16BrFN2O. The number of pyridine rings is 1. The summed E-state index contributed by atoms with van der Waals surface area (Å²) in [4.78, 5) is 4.16. The number of halogens is 2. The van der Waals surface area contributed by atoms with Crippen molar-refractivity contribution >= 4 is 15.9 Å². The van der Waals surface area contributed by atoms with Gasteiger partial charge in [0.15, 0.2) is 0 Å². The zero-order valence-electron chi connectivity index (χ0n) is 11.4. The van der Waals surface area contributed by atoms with E-state index < -0.39 is 0 Å². The molecule has 0 saturated carbocycles. The first-order chi connectivity index (χ1) is 9.63. The smallest absolute Gasteiger partial charge is 0.137 e. The largest absolute Gasteiger partial charge is 0.495 e. The second kappa shape index (κ2) is 6.81. The van der Waals surface area contributed by atoms with Crippen molar-refractivity contribution in [1.29, 1.82) is 0 Å². The van der Waals surface area contributed by atoms with Gasteiger partial charge in [0, 0.05) is 10.7 Å². The van der Waals surface area contributed by atoms with Crippen molar-refractivity contribution in [3.63, 3.8) is 0 Å². The molecule has 0 aliphatic heterocycles. The Morgan fingerprint density at radius 1 is 1.25 bits per heavy atom. The fourth-order valence-electron chi connectivity index (χ4n) is 2.08. The number of hydrogen-bond acceptors (Lipinski definition) is 3. The number of aromatic nitrogens is 1. The maximum atomic E-state index is 13.6. The van der Waals surface area contributed by atoms with Crippen molar-refractivity contribution in [3.8, 4) is 5.75 Å². The Morgan fingerprint density at radius 3 is 2.70 bits per heavy atom. The lowest BCUT2D eigenvalue weighted by molar-refractivity contribution is 0.411. The van der Waals surface area contributed by atoms with E-state index in [1.807, 2.05) is 19.1 Å². The van der Waals surface area contributed by atoms with E-state index in [0.29, 0.717) is 10.2 Å². The Labute approximate surface area is 126 Å². The molecular weight excluding hydrogens is 323 g/mol. The Morgan fingerprint density at radius 2 is 2.05 bits per heavy atom. The molecule has 2 rings (SSSR count). The van der Waals surface area contributed by atoms with Gasteiger partial charge in [0.2, 0.25) is 0 Å². The third kappa shape index (κ3) is 3.55. The predicted molar refractivity (Wildman–Crippen MR) is 80.4 cm³/mol. The number of rotatable bonds is 5. The van der Waals surface area contributed by atoms with Crippen LogP contribution in [0.25, 0.3) is 0 Å². The van der Waals surface area contributed by atoms with Gasteiger partial charge in [0.1, 0.15) is 11.6 Å². The molecule has 0 bridgehead atoms. The number of benzene rings is 1. The summed E-state index contributed by atoms with van der Waals surface area (Å²) in [6.07, 6.45) is 3.41. The summed E-state index contributed by atoms with van der Waals surface area (Å²) in [6.45, 7) is 2.77. The first-order valence-corrected chi connectivity index (χ1v) is 7.11. The quantitative estimate of drug-likeness (QED) is 0.902. The number of ether oxygens (including phenoxy) is 1. The average Bonchev–Trinajstić information content (AvgIpc) is 2.43. The summed E-state index contributed by atoms with van der Waals surface area (Å²) in [7, 11) is 1.60. The third-order valence-electron chi connectivity index (χ3n) is 2.93. The van der Waals surface area contributed by atoms with Crippen LogP contribution in [-0.2, 0) is 0 Å². The summed E-state index contributed by atoms with van der Waals surface area (Å²) >= 11 is 3.32. The minimum absolute atomic E-state index is 0.130. The van der Waals surface area contributed by atoms with E-state index in [-0.39, 0.29) is 11.9 Å². The first kappa shape index (κ1) is 14.9. The van der Waals surface area contributed by atoms with Crippen LogP contribution in [0.15, 0.2) is 41.1 Å². The van der Waals surface area contributed by atoms with Crippen LogP contribution in [0, 0.1) is 5.82 Å². The number of nitrogens with zero attached hydrogens (tertiary/aromatic N) is 1. The molecule has 20 heavy (non-hydrogen) atoms. The third-order valence-corrected chi connectivity index (χ3v) is 3.39. The molecule has 2 aromatic rings. The maximum Gasteiger partial charge on any atom is 0.137 e. The highest BCUT2D eigenvalue weighted by molar-refractivity contribution is 9.10. The van der Waals surface area contributed by atoms with Crippen molar-refractivity contribution < 1.29 is 9.13 Å². The van der Waals surface area contributed by atoms with Crippen LogP contribution in [-0.4, -0.2) is 18.6 Å². The second-order valence-electron chi connectivity index (χ2n) is 4.35. The van der Waals surface area contributed by atoms with E-state index in [4.69, 9.17) is 4.74 Å². The van der Waals surface area contributed by atoms with Crippen LogP contribution in [0.3, 0.4) is 0 Å². The molecule has 0 fully saturated rings. The fourth-order valence-corrected chi connectivity index (χ4v) is 2.56. The summed E-state index contributed by atoms with van der Waals surface area (Å²) in [5, 5.41) is 3.34. The Bertz CT molecular complexity index is 572. The molecule has 0 aliphatic carbocycles. The van der Waals surface area contributed by atoms with E-state index >= 15 is 0 Å². The van der Waals surface area contributed by atoms with E-state index in [1.54, 1.807) is 19.5 Å². The number of methoxy groups -OCH3 is 1. The van der Waals surface area contributed by atoms with Gasteiger partial charge in [-0.25, -0.2) is 4.39 Å². The van der Waals surface area contributed by atoms with Gasteiger partial charge in [-0.2, -0.15) is 0 Å². The van der Waals surface area contributed by atoms with E-state index in [9.17, 15) is 4.39 Å². The second-order valence-corrected chi connectivity index (χ2v) is 5.27. The Balaban J connectivity index is 2.43.